The predicted octanol–water partition coefficient (Wildman–Crippen LogP) is 2.86. The molecule has 5 heteroatoms. The zero-order valence-corrected chi connectivity index (χ0v) is 10.6. The molecule has 0 radical (unpaired) electrons. The van der Waals surface area contributed by atoms with Gasteiger partial charge in [0.1, 0.15) is 23.7 Å². The van der Waals surface area contributed by atoms with Crippen molar-refractivity contribution in [3.05, 3.63) is 41.6 Å². The van der Waals surface area contributed by atoms with E-state index in [1.54, 1.807) is 13.2 Å². The SMILES string of the molecule is COc1ccc(F)cc1Nc1ncnc2c1CCC2. The van der Waals surface area contributed by atoms with Crippen LogP contribution in [0.1, 0.15) is 17.7 Å². The van der Waals surface area contributed by atoms with E-state index in [1.807, 2.05) is 0 Å². The van der Waals surface area contributed by atoms with Crippen molar-refractivity contribution >= 4 is 11.5 Å². The Balaban J connectivity index is 1.98. The average molecular weight is 259 g/mol. The molecule has 1 aliphatic carbocycles. The number of aryl methyl sites for hydroxylation is 1. The maximum absolute atomic E-state index is 13.3. The molecule has 98 valence electrons. The monoisotopic (exact) mass is 259 g/mol. The van der Waals surface area contributed by atoms with Gasteiger partial charge in [-0.25, -0.2) is 14.4 Å². The van der Waals surface area contributed by atoms with Gasteiger partial charge in [-0.1, -0.05) is 0 Å². The zero-order valence-electron chi connectivity index (χ0n) is 10.6. The van der Waals surface area contributed by atoms with E-state index in [0.717, 1.165) is 36.3 Å². The fourth-order valence-corrected chi connectivity index (χ4v) is 2.37. The van der Waals surface area contributed by atoms with Crippen LogP contribution in [-0.2, 0) is 12.8 Å². The standard InChI is InChI=1S/C14H14FN3O/c1-19-13-6-5-9(15)7-12(13)18-14-10-3-2-4-11(10)16-8-17-14/h5-8H,2-4H2,1H3,(H,16,17,18). The molecule has 0 aliphatic heterocycles. The summed E-state index contributed by atoms with van der Waals surface area (Å²) < 4.78 is 18.6. The average Bonchev–Trinajstić information content (AvgIpc) is 2.88. The number of halogens is 1. The lowest BCUT2D eigenvalue weighted by Crippen LogP contribution is -2.02. The highest BCUT2D eigenvalue weighted by molar-refractivity contribution is 5.66. The van der Waals surface area contributed by atoms with Gasteiger partial charge in [-0.05, 0) is 31.4 Å². The van der Waals surface area contributed by atoms with Gasteiger partial charge in [0.15, 0.2) is 0 Å². The second-order valence-electron chi connectivity index (χ2n) is 4.47. The first kappa shape index (κ1) is 11.9. The number of ether oxygens (including phenoxy) is 1. The lowest BCUT2D eigenvalue weighted by molar-refractivity contribution is 0.416. The van der Waals surface area contributed by atoms with Crippen LogP contribution in [0, 0.1) is 5.82 Å². The van der Waals surface area contributed by atoms with Gasteiger partial charge in [-0.2, -0.15) is 0 Å². The molecule has 19 heavy (non-hydrogen) atoms. The number of nitrogens with one attached hydrogen (secondary N) is 1. The Kier molecular flexibility index (Phi) is 3.03. The Morgan fingerprint density at radius 2 is 2.16 bits per heavy atom. The van der Waals surface area contributed by atoms with Crippen molar-refractivity contribution in [2.45, 2.75) is 19.3 Å². The summed E-state index contributed by atoms with van der Waals surface area (Å²) in [5, 5.41) is 3.15. The van der Waals surface area contributed by atoms with Crippen molar-refractivity contribution in [3.63, 3.8) is 0 Å². The van der Waals surface area contributed by atoms with Crippen LogP contribution in [0.4, 0.5) is 15.9 Å². The van der Waals surface area contributed by atoms with Crippen LogP contribution in [0.25, 0.3) is 0 Å². The number of nitrogens with zero attached hydrogens (tertiary/aromatic N) is 2. The zero-order chi connectivity index (χ0) is 13.2. The number of rotatable bonds is 3. The molecule has 1 aromatic carbocycles. The molecule has 1 heterocycles. The highest BCUT2D eigenvalue weighted by Gasteiger charge is 2.18. The van der Waals surface area contributed by atoms with Crippen LogP contribution >= 0.6 is 0 Å². The summed E-state index contributed by atoms with van der Waals surface area (Å²) in [5.74, 6) is 1.02. The van der Waals surface area contributed by atoms with Gasteiger partial charge in [0.2, 0.25) is 0 Å². The molecule has 0 spiro atoms. The van der Waals surface area contributed by atoms with Crippen LogP contribution in [0.5, 0.6) is 5.75 Å². The number of benzene rings is 1. The third-order valence-corrected chi connectivity index (χ3v) is 3.29. The number of hydrogen-bond acceptors (Lipinski definition) is 4. The quantitative estimate of drug-likeness (QED) is 0.920. The van der Waals surface area contributed by atoms with Crippen molar-refractivity contribution in [3.8, 4) is 5.75 Å². The van der Waals surface area contributed by atoms with E-state index in [0.29, 0.717) is 11.4 Å². The van der Waals surface area contributed by atoms with E-state index in [4.69, 9.17) is 4.74 Å². The summed E-state index contributed by atoms with van der Waals surface area (Å²) in [5.41, 5.74) is 2.77. The minimum atomic E-state index is -0.311. The fourth-order valence-electron chi connectivity index (χ4n) is 2.37. The third-order valence-electron chi connectivity index (χ3n) is 3.29. The van der Waals surface area contributed by atoms with E-state index in [1.165, 1.54) is 18.5 Å². The number of anilines is 2. The van der Waals surface area contributed by atoms with Crippen LogP contribution in [-0.4, -0.2) is 17.1 Å². The Bertz CT molecular complexity index is 616. The molecule has 1 aromatic heterocycles. The molecule has 3 rings (SSSR count). The van der Waals surface area contributed by atoms with Gasteiger partial charge in [0, 0.05) is 17.3 Å². The molecule has 0 amide bonds. The normalized spacial score (nSPS) is 13.2. The van der Waals surface area contributed by atoms with Crippen molar-refractivity contribution < 1.29 is 9.13 Å². The smallest absolute Gasteiger partial charge is 0.142 e. The van der Waals surface area contributed by atoms with Crippen LogP contribution in [0.3, 0.4) is 0 Å². The molecule has 0 fully saturated rings. The van der Waals surface area contributed by atoms with Crippen molar-refractivity contribution in [1.29, 1.82) is 0 Å². The molecule has 0 saturated carbocycles. The van der Waals surface area contributed by atoms with E-state index < -0.39 is 0 Å². The predicted molar refractivity (Wildman–Crippen MR) is 70.3 cm³/mol. The van der Waals surface area contributed by atoms with Crippen LogP contribution in [0.15, 0.2) is 24.5 Å². The highest BCUT2D eigenvalue weighted by Crippen LogP contribution is 2.31. The van der Waals surface area contributed by atoms with Gasteiger partial charge in [0.05, 0.1) is 12.8 Å². The van der Waals surface area contributed by atoms with Crippen LogP contribution < -0.4 is 10.1 Å². The van der Waals surface area contributed by atoms with Gasteiger partial charge in [0.25, 0.3) is 0 Å². The fraction of sp³-hybridized carbons (Fsp3) is 0.286. The Morgan fingerprint density at radius 3 is 3.00 bits per heavy atom. The molecule has 1 aliphatic rings. The summed E-state index contributed by atoms with van der Waals surface area (Å²) in [6, 6.07) is 4.37. The van der Waals surface area contributed by atoms with E-state index in [2.05, 4.69) is 15.3 Å². The molecule has 0 atom stereocenters. The number of hydrogen-bond donors (Lipinski definition) is 1. The van der Waals surface area contributed by atoms with Gasteiger partial charge in [-0.15, -0.1) is 0 Å². The van der Waals surface area contributed by atoms with Crippen molar-refractivity contribution in [1.82, 2.24) is 9.97 Å². The van der Waals surface area contributed by atoms with E-state index in [-0.39, 0.29) is 5.82 Å². The summed E-state index contributed by atoms with van der Waals surface area (Å²) in [4.78, 5) is 8.52. The molecular weight excluding hydrogens is 245 g/mol. The highest BCUT2D eigenvalue weighted by atomic mass is 19.1. The van der Waals surface area contributed by atoms with Gasteiger partial charge >= 0.3 is 0 Å². The molecule has 1 N–H and O–H groups in total. The number of methoxy groups -OCH3 is 1. The molecular formula is C14H14FN3O. The van der Waals surface area contributed by atoms with Crippen molar-refractivity contribution in [2.75, 3.05) is 12.4 Å². The van der Waals surface area contributed by atoms with Crippen molar-refractivity contribution in [2.24, 2.45) is 0 Å². The number of aromatic nitrogens is 2. The summed E-state index contributed by atoms with van der Waals surface area (Å²) >= 11 is 0. The second kappa shape index (κ2) is 4.84. The third kappa shape index (κ3) is 2.23. The van der Waals surface area contributed by atoms with E-state index in [9.17, 15) is 4.39 Å². The molecule has 0 unspecified atom stereocenters. The summed E-state index contributed by atoms with van der Waals surface area (Å²) in [7, 11) is 1.56. The van der Waals surface area contributed by atoms with E-state index >= 15 is 0 Å². The largest absolute Gasteiger partial charge is 0.495 e. The Hall–Kier alpha value is -2.17. The first-order valence-electron chi connectivity index (χ1n) is 6.21. The molecule has 2 aromatic rings. The molecule has 0 bridgehead atoms. The summed E-state index contributed by atoms with van der Waals surface area (Å²) in [6.07, 6.45) is 4.56. The summed E-state index contributed by atoms with van der Waals surface area (Å²) in [6.45, 7) is 0. The maximum atomic E-state index is 13.3. The minimum Gasteiger partial charge on any atom is -0.495 e. The first-order valence-corrected chi connectivity index (χ1v) is 6.21. The van der Waals surface area contributed by atoms with Crippen LogP contribution in [0.2, 0.25) is 0 Å². The van der Waals surface area contributed by atoms with Gasteiger partial charge < -0.3 is 10.1 Å². The Labute approximate surface area is 110 Å². The second-order valence-corrected chi connectivity index (χ2v) is 4.47. The Morgan fingerprint density at radius 1 is 1.26 bits per heavy atom. The minimum absolute atomic E-state index is 0.311. The molecule has 4 nitrogen and oxygen atoms in total. The number of fused-ring (bicyclic) bond motifs is 1. The lowest BCUT2D eigenvalue weighted by atomic mass is 10.2. The lowest BCUT2D eigenvalue weighted by Gasteiger charge is -2.12. The topological polar surface area (TPSA) is 47.0 Å². The van der Waals surface area contributed by atoms with Gasteiger partial charge in [-0.3, -0.25) is 0 Å². The first-order chi connectivity index (χ1) is 9.28. The maximum Gasteiger partial charge on any atom is 0.142 e. The molecule has 0 saturated heterocycles.